The molecule has 10 heteroatoms. The molecule has 2 aromatic carbocycles. The predicted molar refractivity (Wildman–Crippen MR) is 122 cm³/mol. The van der Waals surface area contributed by atoms with Gasteiger partial charge < -0.3 is 23.6 Å². The number of carbonyl (C=O) groups excluding carboxylic acids is 1. The lowest BCUT2D eigenvalue weighted by molar-refractivity contribution is -0.261. The quantitative estimate of drug-likeness (QED) is 0.366. The second-order valence-electron chi connectivity index (χ2n) is 8.15. The van der Waals surface area contributed by atoms with E-state index in [1.807, 2.05) is 0 Å². The Labute approximate surface area is 198 Å². The van der Waals surface area contributed by atoms with Gasteiger partial charge >= 0.3 is 13.8 Å². The topological polar surface area (TPSA) is 101 Å². The molecule has 8 nitrogen and oxygen atoms in total. The molecule has 1 aliphatic rings. The second kappa shape index (κ2) is 11.8. The number of phosphoric ester groups is 1. The van der Waals surface area contributed by atoms with Crippen LogP contribution in [0.15, 0.2) is 60.7 Å². The molecule has 1 heterocycles. The fourth-order valence-corrected chi connectivity index (χ4v) is 5.06. The maximum Gasteiger partial charge on any atom is 0.590 e. The van der Waals surface area contributed by atoms with E-state index in [0.29, 0.717) is 0 Å². The van der Waals surface area contributed by atoms with E-state index in [2.05, 4.69) is 0 Å². The van der Waals surface area contributed by atoms with Gasteiger partial charge in [-0.3, -0.25) is 4.79 Å². The SMILES string of the molecule is CC(=O)OC1[C@H](OP(=O)(Oc2ccccc2)Oc2ccccc2)OC([C@@H](F)CCO)[C@@H](C)[C@@H]1C. The lowest BCUT2D eigenvalue weighted by atomic mass is 9.81. The van der Waals surface area contributed by atoms with Gasteiger partial charge in [0.2, 0.25) is 6.29 Å². The van der Waals surface area contributed by atoms with E-state index in [1.165, 1.54) is 6.92 Å². The fourth-order valence-electron chi connectivity index (χ4n) is 3.75. The predicted octanol–water partition coefficient (Wildman–Crippen LogP) is 4.92. The van der Waals surface area contributed by atoms with Gasteiger partial charge in [-0.1, -0.05) is 50.2 Å². The summed E-state index contributed by atoms with van der Waals surface area (Å²) in [6.45, 7) is 4.38. The van der Waals surface area contributed by atoms with E-state index in [9.17, 15) is 18.9 Å². The van der Waals surface area contributed by atoms with Gasteiger partial charge in [0.1, 0.15) is 17.7 Å². The summed E-state index contributed by atoms with van der Waals surface area (Å²) in [6.07, 6.45) is -5.12. The van der Waals surface area contributed by atoms with Crippen molar-refractivity contribution in [1.29, 1.82) is 0 Å². The normalized spacial score (nSPS) is 25.9. The maximum absolute atomic E-state index is 14.8. The molecule has 0 saturated carbocycles. The third-order valence-corrected chi connectivity index (χ3v) is 6.98. The van der Waals surface area contributed by atoms with Gasteiger partial charge in [0.15, 0.2) is 6.10 Å². The number of hydrogen-bond acceptors (Lipinski definition) is 8. The highest BCUT2D eigenvalue weighted by Gasteiger charge is 2.50. The van der Waals surface area contributed by atoms with E-state index in [1.54, 1.807) is 74.5 Å². The minimum Gasteiger partial charge on any atom is -0.457 e. The van der Waals surface area contributed by atoms with Crippen LogP contribution in [0, 0.1) is 11.8 Å². The molecule has 0 radical (unpaired) electrons. The molecule has 34 heavy (non-hydrogen) atoms. The summed E-state index contributed by atoms with van der Waals surface area (Å²) in [5.74, 6) is -0.997. The summed E-state index contributed by atoms with van der Waals surface area (Å²) in [7, 11) is -4.42. The van der Waals surface area contributed by atoms with Crippen LogP contribution in [-0.2, 0) is 23.4 Å². The summed E-state index contributed by atoms with van der Waals surface area (Å²) >= 11 is 0. The van der Waals surface area contributed by atoms with Crippen molar-refractivity contribution in [3.63, 3.8) is 0 Å². The molecule has 0 amide bonds. The van der Waals surface area contributed by atoms with E-state index < -0.39 is 50.3 Å². The van der Waals surface area contributed by atoms with Crippen molar-refractivity contribution in [3.05, 3.63) is 60.7 Å². The van der Waals surface area contributed by atoms with Crippen LogP contribution in [0.1, 0.15) is 27.2 Å². The molecule has 0 aliphatic carbocycles. The minimum atomic E-state index is -4.42. The molecule has 1 aliphatic heterocycles. The number of aliphatic hydroxyl groups is 1. The van der Waals surface area contributed by atoms with Crippen molar-refractivity contribution in [2.45, 2.75) is 51.9 Å². The number of carbonyl (C=O) groups is 1. The number of halogens is 1. The Balaban J connectivity index is 1.93. The van der Waals surface area contributed by atoms with Crippen LogP contribution in [-0.4, -0.2) is 42.4 Å². The Morgan fingerprint density at radius 1 is 1.03 bits per heavy atom. The van der Waals surface area contributed by atoms with Crippen LogP contribution in [0.2, 0.25) is 0 Å². The van der Waals surface area contributed by atoms with Crippen LogP contribution in [0.4, 0.5) is 4.39 Å². The number of benzene rings is 2. The summed E-state index contributed by atoms with van der Waals surface area (Å²) in [4.78, 5) is 11.8. The lowest BCUT2D eigenvalue weighted by Gasteiger charge is -2.44. The first-order valence-electron chi connectivity index (χ1n) is 11.1. The lowest BCUT2D eigenvalue weighted by Crippen LogP contribution is -2.54. The molecule has 3 rings (SSSR count). The molecule has 0 bridgehead atoms. The first-order valence-corrected chi connectivity index (χ1v) is 12.5. The fraction of sp³-hybridized carbons (Fsp3) is 0.458. The molecule has 6 atom stereocenters. The smallest absolute Gasteiger partial charge is 0.457 e. The number of alkyl halides is 1. The molecular formula is C24H30FO8P. The molecule has 0 spiro atoms. The molecule has 186 valence electrons. The van der Waals surface area contributed by atoms with E-state index in [0.717, 1.165) is 0 Å². The monoisotopic (exact) mass is 496 g/mol. The largest absolute Gasteiger partial charge is 0.590 e. The van der Waals surface area contributed by atoms with Crippen LogP contribution in [0.25, 0.3) is 0 Å². The van der Waals surface area contributed by atoms with Gasteiger partial charge in [-0.05, 0) is 30.2 Å². The first kappa shape index (κ1) is 26.2. The Morgan fingerprint density at radius 2 is 1.56 bits per heavy atom. The molecule has 1 fully saturated rings. The standard InChI is InChI=1S/C24H30FO8P/c1-16-17(2)23(29-18(3)27)24(30-22(16)21(25)14-15-26)33-34(28,31-19-10-6-4-7-11-19)32-20-12-8-5-9-13-20/h4-13,16-17,21-24,26H,14-15H2,1-3H3/t16-,17-,21-,22?,23?,24-/m0/s1. The summed E-state index contributed by atoms with van der Waals surface area (Å²) in [6, 6.07) is 16.5. The van der Waals surface area contributed by atoms with Crippen molar-refractivity contribution < 1.29 is 41.9 Å². The molecule has 1 saturated heterocycles. The van der Waals surface area contributed by atoms with Crippen LogP contribution < -0.4 is 9.05 Å². The van der Waals surface area contributed by atoms with E-state index in [4.69, 9.17) is 23.0 Å². The molecule has 0 aromatic heterocycles. The second-order valence-corrected chi connectivity index (χ2v) is 9.62. The number of esters is 1. The van der Waals surface area contributed by atoms with Gasteiger partial charge in [0, 0.05) is 25.9 Å². The number of hydrogen-bond donors (Lipinski definition) is 1. The third-order valence-electron chi connectivity index (χ3n) is 5.64. The van der Waals surface area contributed by atoms with Crippen LogP contribution in [0.3, 0.4) is 0 Å². The summed E-state index contributed by atoms with van der Waals surface area (Å²) in [5, 5.41) is 9.19. The molecule has 2 unspecified atom stereocenters. The number of phosphoric acid groups is 1. The van der Waals surface area contributed by atoms with Crippen LogP contribution in [0.5, 0.6) is 11.5 Å². The van der Waals surface area contributed by atoms with E-state index in [-0.39, 0.29) is 24.5 Å². The highest BCUT2D eigenvalue weighted by molar-refractivity contribution is 7.49. The summed E-state index contributed by atoms with van der Waals surface area (Å²) in [5.41, 5.74) is 0. The highest BCUT2D eigenvalue weighted by atomic mass is 31.2. The van der Waals surface area contributed by atoms with Crippen molar-refractivity contribution in [1.82, 2.24) is 0 Å². The van der Waals surface area contributed by atoms with Gasteiger partial charge in [-0.2, -0.15) is 0 Å². The third kappa shape index (κ3) is 6.79. The Kier molecular flexibility index (Phi) is 9.08. The zero-order valence-electron chi connectivity index (χ0n) is 19.3. The zero-order chi connectivity index (χ0) is 24.7. The Morgan fingerprint density at radius 3 is 2.03 bits per heavy atom. The molecular weight excluding hydrogens is 466 g/mol. The maximum atomic E-state index is 14.8. The zero-order valence-corrected chi connectivity index (χ0v) is 20.2. The van der Waals surface area contributed by atoms with Crippen molar-refractivity contribution >= 4 is 13.8 Å². The molecule has 1 N–H and O–H groups in total. The Hall–Kier alpha value is -2.45. The van der Waals surface area contributed by atoms with Crippen molar-refractivity contribution in [2.24, 2.45) is 11.8 Å². The molecule has 2 aromatic rings. The van der Waals surface area contributed by atoms with Crippen molar-refractivity contribution in [3.8, 4) is 11.5 Å². The van der Waals surface area contributed by atoms with Gasteiger partial charge in [0.25, 0.3) is 0 Å². The Bertz CT molecular complexity index is 914. The van der Waals surface area contributed by atoms with Crippen molar-refractivity contribution in [2.75, 3.05) is 6.61 Å². The van der Waals surface area contributed by atoms with Gasteiger partial charge in [0.05, 0.1) is 6.10 Å². The van der Waals surface area contributed by atoms with Crippen LogP contribution >= 0.6 is 7.82 Å². The average Bonchev–Trinajstić information content (AvgIpc) is 2.79. The highest BCUT2D eigenvalue weighted by Crippen LogP contribution is 2.53. The van der Waals surface area contributed by atoms with E-state index >= 15 is 0 Å². The minimum absolute atomic E-state index is 0.147. The first-order chi connectivity index (χ1) is 16.2. The number of rotatable bonds is 10. The number of para-hydroxylation sites is 2. The average molecular weight is 496 g/mol. The number of ether oxygens (including phenoxy) is 2. The number of aliphatic hydroxyl groups excluding tert-OH is 1. The summed E-state index contributed by atoms with van der Waals surface area (Å²) < 4.78 is 56.9. The van der Waals surface area contributed by atoms with Gasteiger partial charge in [-0.15, -0.1) is 0 Å². The van der Waals surface area contributed by atoms with Gasteiger partial charge in [-0.25, -0.2) is 13.5 Å².